The van der Waals surface area contributed by atoms with Crippen LogP contribution in [0.2, 0.25) is 0 Å². The van der Waals surface area contributed by atoms with Crippen molar-refractivity contribution in [2.75, 3.05) is 26.2 Å². The third-order valence-electron chi connectivity index (χ3n) is 1.53. The van der Waals surface area contributed by atoms with Gasteiger partial charge in [0.25, 0.3) is 0 Å². The molecule has 1 aliphatic rings. The molecule has 1 saturated heterocycles. The zero-order valence-electron chi connectivity index (χ0n) is 5.80. The molecule has 2 amide bonds. The molecule has 1 radical (unpaired) electrons. The van der Waals surface area contributed by atoms with Crippen molar-refractivity contribution in [3.63, 3.8) is 0 Å². The van der Waals surface area contributed by atoms with Gasteiger partial charge < -0.3 is 10.2 Å². The second kappa shape index (κ2) is 3.41. The van der Waals surface area contributed by atoms with Crippen molar-refractivity contribution in [1.29, 1.82) is 0 Å². The average molecular weight is 143 g/mol. The van der Waals surface area contributed by atoms with Crippen LogP contribution in [0.4, 0.5) is 4.79 Å². The van der Waals surface area contributed by atoms with Gasteiger partial charge >= 0.3 is 6.03 Å². The predicted molar refractivity (Wildman–Crippen MR) is 35.1 cm³/mol. The molecule has 0 saturated carbocycles. The standard InChI is InChI=1S/C6H11N2O2/c9-5-4-8-3-1-2-7-6(8)10/h1-5H2,(H,7,10). The molecule has 0 aromatic heterocycles. The van der Waals surface area contributed by atoms with E-state index in [2.05, 4.69) is 5.32 Å². The minimum atomic E-state index is -0.201. The van der Waals surface area contributed by atoms with E-state index in [1.54, 1.807) is 4.90 Å². The number of nitrogens with one attached hydrogen (secondary N) is 1. The van der Waals surface area contributed by atoms with E-state index in [4.69, 9.17) is 0 Å². The summed E-state index contributed by atoms with van der Waals surface area (Å²) in [6.07, 6.45) is 0.950. The van der Waals surface area contributed by atoms with Gasteiger partial charge in [0.1, 0.15) is 0 Å². The van der Waals surface area contributed by atoms with E-state index in [1.807, 2.05) is 0 Å². The number of nitrogens with zero attached hydrogens (tertiary/aromatic N) is 1. The Hall–Kier alpha value is -0.770. The van der Waals surface area contributed by atoms with Gasteiger partial charge in [-0.25, -0.2) is 9.90 Å². The third-order valence-corrected chi connectivity index (χ3v) is 1.53. The minimum Gasteiger partial charge on any atom is -0.338 e. The second-order valence-electron chi connectivity index (χ2n) is 2.28. The highest BCUT2D eigenvalue weighted by Gasteiger charge is 2.15. The van der Waals surface area contributed by atoms with Crippen LogP contribution < -0.4 is 5.32 Å². The van der Waals surface area contributed by atoms with Gasteiger partial charge in [-0.05, 0) is 6.42 Å². The summed E-state index contributed by atoms with van der Waals surface area (Å²) < 4.78 is 0. The van der Waals surface area contributed by atoms with E-state index in [1.165, 1.54) is 0 Å². The molecule has 1 N–H and O–H groups in total. The Bertz CT molecular complexity index is 125. The Labute approximate surface area is 59.8 Å². The van der Waals surface area contributed by atoms with Crippen molar-refractivity contribution in [1.82, 2.24) is 10.2 Å². The molecule has 0 atom stereocenters. The maximum absolute atomic E-state index is 10.9. The lowest BCUT2D eigenvalue weighted by Gasteiger charge is -2.26. The van der Waals surface area contributed by atoms with E-state index >= 15 is 0 Å². The molecule has 4 heteroatoms. The highest BCUT2D eigenvalue weighted by atomic mass is 16.3. The van der Waals surface area contributed by atoms with Crippen molar-refractivity contribution < 1.29 is 9.90 Å². The van der Waals surface area contributed by atoms with Gasteiger partial charge in [-0.3, -0.25) is 0 Å². The molecule has 1 fully saturated rings. The topological polar surface area (TPSA) is 52.2 Å². The van der Waals surface area contributed by atoms with Crippen molar-refractivity contribution in [2.24, 2.45) is 0 Å². The molecule has 10 heavy (non-hydrogen) atoms. The Balaban J connectivity index is 2.32. The number of carbonyl (C=O) groups excluding carboxylic acids is 1. The second-order valence-corrected chi connectivity index (χ2v) is 2.28. The largest absolute Gasteiger partial charge is 0.338 e. The maximum atomic E-state index is 10.9. The number of rotatable bonds is 2. The average Bonchev–Trinajstić information content (AvgIpc) is 1.94. The van der Waals surface area contributed by atoms with E-state index in [0.29, 0.717) is 6.54 Å². The number of hydrogen-bond acceptors (Lipinski definition) is 1. The van der Waals surface area contributed by atoms with Gasteiger partial charge in [-0.1, -0.05) is 0 Å². The number of carbonyl (C=O) groups is 1. The van der Waals surface area contributed by atoms with Crippen LogP contribution in [0.5, 0.6) is 0 Å². The molecule has 1 rings (SSSR count). The summed E-state index contributed by atoms with van der Waals surface area (Å²) in [5, 5.41) is 12.8. The normalized spacial score (nSPS) is 18.9. The van der Waals surface area contributed by atoms with Gasteiger partial charge in [0.2, 0.25) is 0 Å². The van der Waals surface area contributed by atoms with Gasteiger partial charge in [0, 0.05) is 19.6 Å². The summed E-state index contributed by atoms with van der Waals surface area (Å²) in [5.74, 6) is 0. The highest BCUT2D eigenvalue weighted by molar-refractivity contribution is 5.74. The van der Waals surface area contributed by atoms with Crippen LogP contribution in [0.15, 0.2) is 0 Å². The predicted octanol–water partition coefficient (Wildman–Crippen LogP) is -0.168. The molecule has 0 aromatic carbocycles. The molecule has 0 aromatic rings. The van der Waals surface area contributed by atoms with Crippen molar-refractivity contribution >= 4 is 6.03 Å². The van der Waals surface area contributed by atoms with E-state index in [0.717, 1.165) is 19.5 Å². The summed E-state index contributed by atoms with van der Waals surface area (Å²) in [6.45, 7) is 1.61. The fraction of sp³-hybridized carbons (Fsp3) is 0.833. The minimum absolute atomic E-state index is 0.0953. The molecule has 4 nitrogen and oxygen atoms in total. The van der Waals surface area contributed by atoms with E-state index in [9.17, 15) is 9.90 Å². The highest BCUT2D eigenvalue weighted by Crippen LogP contribution is 1.96. The molecular weight excluding hydrogens is 132 g/mol. The smallest absolute Gasteiger partial charge is 0.317 e. The Morgan fingerprint density at radius 3 is 3.00 bits per heavy atom. The summed E-state index contributed by atoms with van der Waals surface area (Å²) in [6, 6.07) is -0.0953. The summed E-state index contributed by atoms with van der Waals surface area (Å²) >= 11 is 0. The number of hydrogen-bond donors (Lipinski definition) is 1. The Morgan fingerprint density at radius 2 is 2.40 bits per heavy atom. The lowest BCUT2D eigenvalue weighted by molar-refractivity contribution is 0.136. The zero-order chi connectivity index (χ0) is 7.40. The maximum Gasteiger partial charge on any atom is 0.317 e. The van der Waals surface area contributed by atoms with Crippen LogP contribution in [0.1, 0.15) is 6.42 Å². The van der Waals surface area contributed by atoms with Crippen molar-refractivity contribution in [3.8, 4) is 0 Å². The number of amides is 2. The van der Waals surface area contributed by atoms with Crippen molar-refractivity contribution in [2.45, 2.75) is 6.42 Å². The summed E-state index contributed by atoms with van der Waals surface area (Å²) in [4.78, 5) is 12.4. The molecule has 57 valence electrons. The van der Waals surface area contributed by atoms with Gasteiger partial charge in [-0.2, -0.15) is 0 Å². The van der Waals surface area contributed by atoms with Gasteiger partial charge in [0.05, 0.1) is 6.61 Å². The molecular formula is C6H11N2O2. The molecule has 0 aliphatic carbocycles. The lowest BCUT2D eigenvalue weighted by Crippen LogP contribution is -2.47. The van der Waals surface area contributed by atoms with Crippen LogP contribution in [0, 0.1) is 0 Å². The number of urea groups is 1. The van der Waals surface area contributed by atoms with Crippen LogP contribution in [-0.2, 0) is 5.11 Å². The van der Waals surface area contributed by atoms with Crippen molar-refractivity contribution in [3.05, 3.63) is 0 Å². The first-order valence-electron chi connectivity index (χ1n) is 3.45. The fourth-order valence-corrected chi connectivity index (χ4v) is 1.00. The molecule has 0 spiro atoms. The van der Waals surface area contributed by atoms with Gasteiger partial charge in [-0.15, -0.1) is 0 Å². The Morgan fingerprint density at radius 1 is 1.60 bits per heavy atom. The van der Waals surface area contributed by atoms with Crippen LogP contribution in [0.3, 0.4) is 0 Å². The Kier molecular flexibility index (Phi) is 2.50. The lowest BCUT2D eigenvalue weighted by atomic mass is 10.3. The first-order chi connectivity index (χ1) is 4.84. The van der Waals surface area contributed by atoms with Crippen LogP contribution >= 0.6 is 0 Å². The summed E-state index contributed by atoms with van der Waals surface area (Å²) in [5.41, 5.74) is 0. The van der Waals surface area contributed by atoms with E-state index in [-0.39, 0.29) is 12.6 Å². The fourth-order valence-electron chi connectivity index (χ4n) is 1.00. The van der Waals surface area contributed by atoms with Gasteiger partial charge in [0.15, 0.2) is 0 Å². The monoisotopic (exact) mass is 143 g/mol. The first-order valence-corrected chi connectivity index (χ1v) is 3.45. The third kappa shape index (κ3) is 1.60. The molecule has 1 heterocycles. The quantitative estimate of drug-likeness (QED) is 0.573. The first kappa shape index (κ1) is 7.34. The SMILES string of the molecule is [O]CCN1CCCNC1=O. The molecule has 1 aliphatic heterocycles. The zero-order valence-corrected chi connectivity index (χ0v) is 5.80. The van der Waals surface area contributed by atoms with E-state index < -0.39 is 0 Å². The molecule has 0 bridgehead atoms. The molecule has 0 unspecified atom stereocenters. The van der Waals surface area contributed by atoms with Crippen LogP contribution in [-0.4, -0.2) is 37.2 Å². The van der Waals surface area contributed by atoms with Crippen LogP contribution in [0.25, 0.3) is 0 Å². The summed E-state index contributed by atoms with van der Waals surface area (Å²) in [7, 11) is 0.